The number of amides is 1. The zero-order valence-corrected chi connectivity index (χ0v) is 26.8. The molecule has 0 atom stereocenters. The van der Waals surface area contributed by atoms with Crippen LogP contribution in [0.5, 0.6) is 0 Å². The van der Waals surface area contributed by atoms with E-state index in [1.165, 1.54) is 35.5 Å². The maximum Gasteiger partial charge on any atom is 0.416 e. The molecule has 0 unspecified atom stereocenters. The van der Waals surface area contributed by atoms with Gasteiger partial charge < -0.3 is 25.8 Å². The second-order valence-electron chi connectivity index (χ2n) is 11.3. The summed E-state index contributed by atoms with van der Waals surface area (Å²) in [6.07, 6.45) is -3.02. The summed E-state index contributed by atoms with van der Waals surface area (Å²) in [5, 5.41) is 11.0. The molecule has 8 nitrogen and oxygen atoms in total. The van der Waals surface area contributed by atoms with Crippen LogP contribution < -0.4 is 20.9 Å². The van der Waals surface area contributed by atoms with Gasteiger partial charge in [-0.25, -0.2) is 9.97 Å². The number of rotatable bonds is 9. The number of aryl methyl sites for hydroxylation is 1. The van der Waals surface area contributed by atoms with Crippen molar-refractivity contribution in [2.45, 2.75) is 20.0 Å². The van der Waals surface area contributed by atoms with Crippen LogP contribution in [0.1, 0.15) is 34.0 Å². The molecule has 6 rings (SSSR count). The highest BCUT2D eigenvalue weighted by Gasteiger charge is 2.30. The van der Waals surface area contributed by atoms with Gasteiger partial charge in [0.2, 0.25) is 0 Å². The first-order valence-electron chi connectivity index (χ1n) is 15.2. The normalized spacial score (nSPS) is 13.9. The Hall–Kier alpha value is -4.94. The number of nitrogens with one attached hydrogen (secondary N) is 3. The quantitative estimate of drug-likeness (QED) is 0.147. The molecule has 3 heterocycles. The molecule has 0 bridgehead atoms. The number of fused-ring (bicyclic) bond motifs is 1. The van der Waals surface area contributed by atoms with Crippen molar-refractivity contribution in [3.8, 4) is 0 Å². The largest absolute Gasteiger partial charge is 0.416 e. The zero-order valence-electron chi connectivity index (χ0n) is 26.0. The standard InChI is InChI=1S/C35H34F3N7OS/c1-4-44-14-16-45(17-15-44)28-12-10-26(11-13-28)42-33-32-31(39-21-40-33)29(20-47-32)34(46)43-30-18-24(9-8-22(30)2)23(3)41-27-7-5-6-25(19-27)35(36,37)38/h5-13,18-21,41H,3-4,14-17H2,1-2H3,(H,43,46)(H,39,40,42). The molecule has 3 N–H and O–H groups in total. The lowest BCUT2D eigenvalue weighted by atomic mass is 10.1. The number of carbonyl (C=O) groups is 1. The molecule has 5 aromatic rings. The minimum absolute atomic E-state index is 0.256. The first-order chi connectivity index (χ1) is 22.6. The van der Waals surface area contributed by atoms with Crippen molar-refractivity contribution in [3.63, 3.8) is 0 Å². The van der Waals surface area contributed by atoms with E-state index < -0.39 is 11.7 Å². The molecule has 0 radical (unpaired) electrons. The average Bonchev–Trinajstić information content (AvgIpc) is 3.51. The Morgan fingerprint density at radius 1 is 0.957 bits per heavy atom. The number of aromatic nitrogens is 2. The molecule has 3 aromatic carbocycles. The topological polar surface area (TPSA) is 85.4 Å². The average molecular weight is 658 g/mol. The van der Waals surface area contributed by atoms with E-state index in [2.05, 4.69) is 61.4 Å². The first kappa shape index (κ1) is 32.0. The number of thiophene rings is 1. The second-order valence-corrected chi connectivity index (χ2v) is 12.2. The highest BCUT2D eigenvalue weighted by molar-refractivity contribution is 7.18. The summed E-state index contributed by atoms with van der Waals surface area (Å²) in [6.45, 7) is 13.2. The van der Waals surface area contributed by atoms with Crippen LogP contribution in [0.4, 0.5) is 41.7 Å². The second kappa shape index (κ2) is 13.4. The van der Waals surface area contributed by atoms with Crippen molar-refractivity contribution >= 4 is 61.7 Å². The molecule has 0 spiro atoms. The highest BCUT2D eigenvalue weighted by atomic mass is 32.1. The number of likely N-dealkylation sites (N-methyl/N-ethyl adjacent to an activating group) is 1. The van der Waals surface area contributed by atoms with E-state index in [1.807, 2.05) is 25.1 Å². The molecule has 242 valence electrons. The number of halogens is 3. The maximum atomic E-state index is 13.5. The fraction of sp³-hybridized carbons (Fsp3) is 0.229. The van der Waals surface area contributed by atoms with Crippen LogP contribution in [0, 0.1) is 6.92 Å². The Balaban J connectivity index is 1.15. The van der Waals surface area contributed by atoms with Gasteiger partial charge in [0.25, 0.3) is 5.91 Å². The number of carbonyl (C=O) groups excluding carboxylic acids is 1. The van der Waals surface area contributed by atoms with Gasteiger partial charge in [-0.15, -0.1) is 11.3 Å². The van der Waals surface area contributed by atoms with E-state index in [1.54, 1.807) is 17.5 Å². The van der Waals surface area contributed by atoms with Crippen molar-refractivity contribution in [1.29, 1.82) is 0 Å². The van der Waals surface area contributed by atoms with E-state index in [0.29, 0.717) is 33.8 Å². The molecule has 1 amide bonds. The number of hydrogen-bond acceptors (Lipinski definition) is 8. The third-order valence-corrected chi connectivity index (χ3v) is 9.21. The number of nitrogens with zero attached hydrogens (tertiary/aromatic N) is 4. The van der Waals surface area contributed by atoms with Gasteiger partial charge in [0.15, 0.2) is 5.82 Å². The monoisotopic (exact) mass is 657 g/mol. The van der Waals surface area contributed by atoms with Gasteiger partial charge in [-0.1, -0.05) is 31.7 Å². The van der Waals surface area contributed by atoms with Crippen LogP contribution in [0.3, 0.4) is 0 Å². The van der Waals surface area contributed by atoms with Gasteiger partial charge in [-0.3, -0.25) is 4.79 Å². The highest BCUT2D eigenvalue weighted by Crippen LogP contribution is 2.34. The third kappa shape index (κ3) is 7.23. The lowest BCUT2D eigenvalue weighted by Gasteiger charge is -2.35. The van der Waals surface area contributed by atoms with E-state index in [-0.39, 0.29) is 11.6 Å². The summed E-state index contributed by atoms with van der Waals surface area (Å²) >= 11 is 1.38. The van der Waals surface area contributed by atoms with Crippen molar-refractivity contribution in [2.75, 3.05) is 53.6 Å². The number of hydrogen-bond donors (Lipinski definition) is 3. The Kier molecular flexibility index (Phi) is 9.15. The Bertz CT molecular complexity index is 1920. The molecule has 47 heavy (non-hydrogen) atoms. The summed E-state index contributed by atoms with van der Waals surface area (Å²) in [6, 6.07) is 18.5. The van der Waals surface area contributed by atoms with Crippen molar-refractivity contribution in [1.82, 2.24) is 14.9 Å². The van der Waals surface area contributed by atoms with Gasteiger partial charge in [-0.05, 0) is 73.1 Å². The predicted octanol–water partition coefficient (Wildman–Crippen LogP) is 8.24. The van der Waals surface area contributed by atoms with Gasteiger partial charge >= 0.3 is 6.18 Å². The molecule has 0 saturated carbocycles. The van der Waals surface area contributed by atoms with Gasteiger partial charge in [0, 0.05) is 60.0 Å². The molecule has 1 aliphatic rings. The fourth-order valence-electron chi connectivity index (χ4n) is 5.47. The van der Waals surface area contributed by atoms with Crippen LogP contribution in [0.25, 0.3) is 15.9 Å². The Labute approximate surface area is 275 Å². The van der Waals surface area contributed by atoms with Crippen LogP contribution in [-0.2, 0) is 6.18 Å². The van der Waals surface area contributed by atoms with Crippen molar-refractivity contribution < 1.29 is 18.0 Å². The van der Waals surface area contributed by atoms with Crippen LogP contribution in [-0.4, -0.2) is 53.5 Å². The lowest BCUT2D eigenvalue weighted by Crippen LogP contribution is -2.46. The molecule has 1 aliphatic heterocycles. The molecule has 1 fully saturated rings. The SMILES string of the molecule is C=C(Nc1cccc(C(F)(F)F)c1)c1ccc(C)c(NC(=O)c2csc3c(Nc4ccc(N5CCN(CC)CC5)cc4)ncnc23)c1. The number of anilines is 5. The number of piperazine rings is 1. The summed E-state index contributed by atoms with van der Waals surface area (Å²) < 4.78 is 40.3. The minimum Gasteiger partial charge on any atom is -0.369 e. The van der Waals surface area contributed by atoms with Gasteiger partial charge in [0.1, 0.15) is 6.33 Å². The number of benzene rings is 3. The van der Waals surface area contributed by atoms with E-state index in [0.717, 1.165) is 60.8 Å². The summed E-state index contributed by atoms with van der Waals surface area (Å²) in [5.41, 5.74) is 4.84. The Morgan fingerprint density at radius 2 is 1.72 bits per heavy atom. The third-order valence-electron chi connectivity index (χ3n) is 8.23. The first-order valence-corrected chi connectivity index (χ1v) is 16.1. The zero-order chi connectivity index (χ0) is 33.1. The molecular formula is C35H34F3N7OS. The summed E-state index contributed by atoms with van der Waals surface area (Å²) in [7, 11) is 0. The van der Waals surface area contributed by atoms with Gasteiger partial charge in [-0.2, -0.15) is 13.2 Å². The van der Waals surface area contributed by atoms with E-state index in [9.17, 15) is 18.0 Å². The van der Waals surface area contributed by atoms with Crippen LogP contribution >= 0.6 is 11.3 Å². The van der Waals surface area contributed by atoms with E-state index >= 15 is 0 Å². The predicted molar refractivity (Wildman–Crippen MR) is 185 cm³/mol. The van der Waals surface area contributed by atoms with Crippen LogP contribution in [0.15, 0.2) is 85.0 Å². The fourth-order valence-corrected chi connectivity index (χ4v) is 6.41. The lowest BCUT2D eigenvalue weighted by molar-refractivity contribution is -0.137. The Morgan fingerprint density at radius 3 is 2.45 bits per heavy atom. The number of alkyl halides is 3. The van der Waals surface area contributed by atoms with Crippen molar-refractivity contribution in [3.05, 3.63) is 107 Å². The van der Waals surface area contributed by atoms with Crippen LogP contribution in [0.2, 0.25) is 0 Å². The molecule has 12 heteroatoms. The summed E-state index contributed by atoms with van der Waals surface area (Å²) in [4.78, 5) is 27.2. The van der Waals surface area contributed by atoms with Crippen molar-refractivity contribution in [2.24, 2.45) is 0 Å². The minimum atomic E-state index is -4.45. The van der Waals surface area contributed by atoms with E-state index in [4.69, 9.17) is 0 Å². The molecule has 0 aliphatic carbocycles. The molecule has 1 saturated heterocycles. The smallest absolute Gasteiger partial charge is 0.369 e. The molecular weight excluding hydrogens is 623 g/mol. The summed E-state index contributed by atoms with van der Waals surface area (Å²) in [5.74, 6) is 0.267. The molecule has 2 aromatic heterocycles. The maximum absolute atomic E-state index is 13.5. The van der Waals surface area contributed by atoms with Gasteiger partial charge in [0.05, 0.1) is 21.3 Å².